The Labute approximate surface area is 420 Å². The number of nitrogens with two attached hydrogens (primary N) is 1. The third kappa shape index (κ3) is 20.1. The largest absolute Gasteiger partial charge is 0.462 e. The molecule has 3 heterocycles. The first-order valence-electron chi connectivity index (χ1n) is 25.1. The molecule has 0 unspecified atom stereocenters. The lowest BCUT2D eigenvalue weighted by molar-refractivity contribution is -0.308. The molecule has 18 heteroatoms. The molecule has 0 spiro atoms. The number of hydrogen-bond donors (Lipinski definition) is 11. The van der Waals surface area contributed by atoms with Gasteiger partial charge in [0.1, 0.15) is 12.2 Å². The minimum Gasteiger partial charge on any atom is -0.462 e. The molecule has 2 saturated heterocycles. The molecule has 3 aliphatic rings. The smallest absolute Gasteiger partial charge is 0.308 e. The summed E-state index contributed by atoms with van der Waals surface area (Å²) in [5.41, 5.74) is 6.13. The number of allylic oxidation sites excluding steroid dienone is 12. The fraction of sp³-hybridized carbons (Fsp3) is 0.698. The maximum absolute atomic E-state index is 14.4. The van der Waals surface area contributed by atoms with Crippen molar-refractivity contribution < 1.29 is 79.6 Å². The van der Waals surface area contributed by atoms with Crippen LogP contribution in [0.25, 0.3) is 0 Å². The van der Waals surface area contributed by atoms with Crippen molar-refractivity contribution in [3.63, 3.8) is 0 Å². The molecule has 1 amide bonds. The van der Waals surface area contributed by atoms with Crippen LogP contribution in [0.1, 0.15) is 107 Å². The summed E-state index contributed by atoms with van der Waals surface area (Å²) in [6.45, 7) is 14.1. The molecule has 404 valence electrons. The van der Waals surface area contributed by atoms with Crippen LogP contribution in [0.15, 0.2) is 85.1 Å². The highest BCUT2D eigenvalue weighted by Gasteiger charge is 2.52. The van der Waals surface area contributed by atoms with E-state index in [4.69, 9.17) is 24.7 Å². The molecule has 0 aliphatic carbocycles. The summed E-state index contributed by atoms with van der Waals surface area (Å²) >= 11 is 0. The fourth-order valence-electron chi connectivity index (χ4n) is 9.25. The molecule has 0 aromatic carbocycles. The fourth-order valence-corrected chi connectivity index (χ4v) is 9.25. The first kappa shape index (κ1) is 61.9. The second-order valence-corrected chi connectivity index (χ2v) is 20.2. The Balaban J connectivity index is 1.97. The molecule has 18 nitrogen and oxygen atoms in total. The highest BCUT2D eigenvalue weighted by molar-refractivity contribution is 5.81. The van der Waals surface area contributed by atoms with Crippen molar-refractivity contribution in [2.75, 3.05) is 0 Å². The molecular weight excluding hydrogens is 921 g/mol. The lowest BCUT2D eigenvalue weighted by Crippen LogP contribution is -2.62. The van der Waals surface area contributed by atoms with Gasteiger partial charge in [0, 0.05) is 49.6 Å². The van der Waals surface area contributed by atoms with Crippen LogP contribution in [-0.4, -0.2) is 177 Å². The molecule has 19 atom stereocenters. The third-order valence-corrected chi connectivity index (χ3v) is 13.4. The van der Waals surface area contributed by atoms with Gasteiger partial charge < -0.3 is 80.6 Å². The number of amides is 1. The van der Waals surface area contributed by atoms with E-state index in [0.717, 1.165) is 0 Å². The zero-order valence-corrected chi connectivity index (χ0v) is 42.7. The second-order valence-electron chi connectivity index (χ2n) is 20.2. The number of esters is 1. The van der Waals surface area contributed by atoms with Crippen molar-refractivity contribution in [3.8, 4) is 0 Å². The number of ether oxygens (including phenoxy) is 4. The van der Waals surface area contributed by atoms with E-state index in [2.05, 4.69) is 0 Å². The third-order valence-electron chi connectivity index (χ3n) is 13.4. The molecule has 3 aliphatic heterocycles. The first-order chi connectivity index (χ1) is 33.3. The maximum Gasteiger partial charge on any atom is 0.308 e. The SMILES string of the molecule is CC(C)N(C(=O)[C@H]1[C@@H]2C[C@@H](O[C@@H]3O[C@H](C)[C@@H](O)[C@H](N)[C@@H]3O)/C=C/C=C/C=C/C=C/C=C/C=C/C=C/[C@H](C)[C@@H](O)[C@@H](C)[C@H](C)OC(=O)C[C@H](O)C[C@H](O)CC[C@@H](O)[C@H](O)C[C@H](O)C[C@](O)(C[C@@H]1O)O2)C(C)C. The summed E-state index contributed by atoms with van der Waals surface area (Å²) in [5.74, 6) is -5.42. The Morgan fingerprint density at radius 2 is 1.21 bits per heavy atom. The summed E-state index contributed by atoms with van der Waals surface area (Å²) in [6, 6.07) is -1.71. The Morgan fingerprint density at radius 1 is 0.662 bits per heavy atom. The number of carbonyl (C=O) groups excluding carboxylic acids is 2. The van der Waals surface area contributed by atoms with Gasteiger partial charge in [-0.2, -0.15) is 0 Å². The van der Waals surface area contributed by atoms with Crippen LogP contribution >= 0.6 is 0 Å². The first-order valence-corrected chi connectivity index (χ1v) is 25.1. The number of aliphatic hydroxyl groups excluding tert-OH is 9. The molecule has 0 aromatic rings. The summed E-state index contributed by atoms with van der Waals surface area (Å²) in [7, 11) is 0. The predicted octanol–water partition coefficient (Wildman–Crippen LogP) is 2.27. The minimum atomic E-state index is -2.26. The molecule has 3 rings (SSSR count). The van der Waals surface area contributed by atoms with Crippen LogP contribution in [0, 0.1) is 17.8 Å². The van der Waals surface area contributed by atoms with E-state index in [1.54, 1.807) is 68.2 Å². The van der Waals surface area contributed by atoms with Gasteiger partial charge in [-0.15, -0.1) is 0 Å². The molecule has 71 heavy (non-hydrogen) atoms. The Kier molecular flexibility index (Phi) is 26.2. The van der Waals surface area contributed by atoms with Crippen LogP contribution in [-0.2, 0) is 28.5 Å². The van der Waals surface area contributed by atoms with Gasteiger partial charge in [0.25, 0.3) is 0 Å². The molecule has 0 radical (unpaired) electrons. The lowest BCUT2D eigenvalue weighted by Gasteiger charge is -2.47. The average molecular weight is 1010 g/mol. The van der Waals surface area contributed by atoms with Gasteiger partial charge >= 0.3 is 5.97 Å². The quantitative estimate of drug-likeness (QED) is 0.176. The minimum absolute atomic E-state index is 0.0906. The van der Waals surface area contributed by atoms with Gasteiger partial charge in [-0.1, -0.05) is 98.9 Å². The van der Waals surface area contributed by atoms with Gasteiger partial charge in [-0.05, 0) is 60.8 Å². The summed E-state index contributed by atoms with van der Waals surface area (Å²) < 4.78 is 23.9. The highest BCUT2D eigenvalue weighted by Crippen LogP contribution is 2.39. The zero-order valence-electron chi connectivity index (χ0n) is 42.7. The van der Waals surface area contributed by atoms with Gasteiger partial charge in [0.2, 0.25) is 5.91 Å². The van der Waals surface area contributed by atoms with Gasteiger partial charge in [-0.3, -0.25) is 9.59 Å². The second kappa shape index (κ2) is 30.1. The van der Waals surface area contributed by atoms with Gasteiger partial charge in [0.15, 0.2) is 12.1 Å². The van der Waals surface area contributed by atoms with E-state index in [-0.39, 0.29) is 43.7 Å². The topological polar surface area (TPSA) is 303 Å². The van der Waals surface area contributed by atoms with Crippen LogP contribution in [0.5, 0.6) is 0 Å². The molecule has 12 N–H and O–H groups in total. The van der Waals surface area contributed by atoms with E-state index < -0.39 is 147 Å². The maximum atomic E-state index is 14.4. The van der Waals surface area contributed by atoms with Crippen molar-refractivity contribution in [2.24, 2.45) is 23.5 Å². The van der Waals surface area contributed by atoms with Crippen LogP contribution in [0.4, 0.5) is 0 Å². The Morgan fingerprint density at radius 3 is 1.77 bits per heavy atom. The number of carbonyl (C=O) groups is 2. The van der Waals surface area contributed by atoms with E-state index in [1.807, 2.05) is 77.2 Å². The summed E-state index contributed by atoms with van der Waals surface area (Å²) in [4.78, 5) is 28.7. The summed E-state index contributed by atoms with van der Waals surface area (Å²) in [6.07, 6.45) is 5.03. The molecular formula is C53H86N2O16. The van der Waals surface area contributed by atoms with Gasteiger partial charge in [0.05, 0.1) is 85.5 Å². The number of aliphatic hydroxyl groups is 10. The van der Waals surface area contributed by atoms with Crippen molar-refractivity contribution in [1.29, 1.82) is 0 Å². The van der Waals surface area contributed by atoms with E-state index in [1.165, 1.54) is 0 Å². The predicted molar refractivity (Wildman–Crippen MR) is 266 cm³/mol. The molecule has 2 bridgehead atoms. The average Bonchev–Trinajstić information content (AvgIpc) is 3.27. The van der Waals surface area contributed by atoms with Gasteiger partial charge in [-0.25, -0.2) is 0 Å². The molecule has 2 fully saturated rings. The van der Waals surface area contributed by atoms with Crippen molar-refractivity contribution in [2.45, 2.75) is 216 Å². The number of hydrogen-bond acceptors (Lipinski definition) is 17. The standard InChI is InChI=1S/C53H86N2O16/c1-31(2)55(32(3)4)51(66)46-43(61)30-53(67)29-39(58)26-42(60)41(59)24-23-37(56)25-38(57)27-45(62)68-35(7)34(6)48(63)33(5)21-19-17-15-13-11-9-10-12-14-16-18-20-22-40(28-44(46)71-53)70-52-50(65)47(54)49(64)36(8)69-52/h9-22,31-44,46-50,52,56-61,63-65,67H,23-30,54H2,1-8H3/b10-9+,13-11+,14-12+,17-15+,18-16+,21-19+,22-20+/t33-,34-,35-,36+,37+,38+,39-,40-,41+,42+,43-,44-,46+,47-,48+,49+,50-,52-,53+/m0/s1. The molecule has 0 aromatic heterocycles. The molecule has 0 saturated carbocycles. The van der Waals surface area contributed by atoms with E-state index in [9.17, 15) is 60.7 Å². The zero-order chi connectivity index (χ0) is 53.2. The summed E-state index contributed by atoms with van der Waals surface area (Å²) in [5, 5.41) is 110. The van der Waals surface area contributed by atoms with Crippen molar-refractivity contribution in [1.82, 2.24) is 4.90 Å². The Hall–Kier alpha value is -3.44. The Bertz CT molecular complexity index is 1810. The monoisotopic (exact) mass is 1010 g/mol. The number of rotatable bonds is 5. The van der Waals surface area contributed by atoms with E-state index in [0.29, 0.717) is 0 Å². The highest BCUT2D eigenvalue weighted by atomic mass is 16.7. The number of cyclic esters (lactones) is 1. The van der Waals surface area contributed by atoms with Crippen LogP contribution in [0.2, 0.25) is 0 Å². The van der Waals surface area contributed by atoms with Crippen LogP contribution < -0.4 is 5.73 Å². The van der Waals surface area contributed by atoms with E-state index >= 15 is 0 Å². The lowest BCUT2D eigenvalue weighted by atomic mass is 9.81. The van der Waals surface area contributed by atoms with Crippen molar-refractivity contribution in [3.05, 3.63) is 85.1 Å². The number of fused-ring (bicyclic) bond motifs is 2. The van der Waals surface area contributed by atoms with Crippen molar-refractivity contribution >= 4 is 11.9 Å². The number of nitrogens with zero attached hydrogens (tertiary/aromatic N) is 1. The normalized spacial score (nSPS) is 42.8. The van der Waals surface area contributed by atoms with Crippen LogP contribution in [0.3, 0.4) is 0 Å².